The zero-order valence-electron chi connectivity index (χ0n) is 12.8. The fourth-order valence-corrected chi connectivity index (χ4v) is 4.06. The van der Waals surface area contributed by atoms with E-state index in [-0.39, 0.29) is 5.91 Å². The van der Waals surface area contributed by atoms with Gasteiger partial charge >= 0.3 is 0 Å². The van der Waals surface area contributed by atoms with Gasteiger partial charge in [0.25, 0.3) is 0 Å². The Kier molecular flexibility index (Phi) is 5.34. The van der Waals surface area contributed by atoms with Crippen LogP contribution in [0.15, 0.2) is 24.3 Å². The summed E-state index contributed by atoms with van der Waals surface area (Å²) in [4.78, 5) is 14.4. The Labute approximate surface area is 136 Å². The zero-order valence-corrected chi connectivity index (χ0v) is 14.4. The molecule has 0 aromatic heterocycles. The normalized spacial score (nSPS) is 17.1. The van der Waals surface area contributed by atoms with E-state index in [0.717, 1.165) is 25.5 Å². The van der Waals surface area contributed by atoms with Crippen molar-refractivity contribution in [2.45, 2.75) is 32.2 Å². The summed E-state index contributed by atoms with van der Waals surface area (Å²) in [5, 5.41) is 0.521. The minimum atomic E-state index is -3.57. The number of benzene rings is 1. The minimum absolute atomic E-state index is 0.153. The summed E-state index contributed by atoms with van der Waals surface area (Å²) in [7, 11) is -3.57. The number of amides is 1. The van der Waals surface area contributed by atoms with Gasteiger partial charge in [0.1, 0.15) is 6.04 Å². The van der Waals surface area contributed by atoms with E-state index in [1.165, 1.54) is 4.31 Å². The lowest BCUT2D eigenvalue weighted by atomic mass is 10.1. The maximum Gasteiger partial charge on any atom is 0.246 e. The Balaban J connectivity index is 2.29. The van der Waals surface area contributed by atoms with E-state index < -0.39 is 16.1 Å². The highest BCUT2D eigenvalue weighted by atomic mass is 35.5. The Hall–Kier alpha value is -1.27. The summed E-state index contributed by atoms with van der Waals surface area (Å²) >= 11 is 5.85. The second kappa shape index (κ2) is 6.87. The van der Waals surface area contributed by atoms with Crippen molar-refractivity contribution in [2.24, 2.45) is 0 Å². The molecule has 1 saturated heterocycles. The lowest BCUT2D eigenvalue weighted by Gasteiger charge is -2.34. The predicted octanol–water partition coefficient (Wildman–Crippen LogP) is 2.51. The quantitative estimate of drug-likeness (QED) is 0.843. The Morgan fingerprint density at radius 3 is 2.23 bits per heavy atom. The molecule has 1 aromatic carbocycles. The molecule has 122 valence electrons. The number of carbonyl (C=O) groups excluding carboxylic acids is 1. The molecule has 22 heavy (non-hydrogen) atoms. The standard InChI is InChI=1S/C15H21ClN2O3S/c1-12(15(19)17-10-4-3-5-11-17)18(22(2,20)21)14-8-6-13(16)7-9-14/h6-9,12H,3-5,10-11H2,1-2H3/t12-/m1/s1. The molecule has 1 heterocycles. The Morgan fingerprint density at radius 2 is 1.73 bits per heavy atom. The highest BCUT2D eigenvalue weighted by Crippen LogP contribution is 2.24. The molecule has 1 aromatic rings. The van der Waals surface area contributed by atoms with Gasteiger partial charge < -0.3 is 4.90 Å². The summed E-state index contributed by atoms with van der Waals surface area (Å²) in [6.45, 7) is 3.02. The SMILES string of the molecule is C[C@H](C(=O)N1CCCCC1)N(c1ccc(Cl)cc1)S(C)(=O)=O. The molecule has 0 spiro atoms. The molecule has 1 aliphatic rings. The molecule has 1 fully saturated rings. The van der Waals surface area contributed by atoms with Crippen molar-refractivity contribution in [2.75, 3.05) is 23.7 Å². The summed E-state index contributed by atoms with van der Waals surface area (Å²) in [6.07, 6.45) is 4.17. The van der Waals surface area contributed by atoms with Crippen LogP contribution in [-0.2, 0) is 14.8 Å². The van der Waals surface area contributed by atoms with E-state index in [0.29, 0.717) is 23.8 Å². The van der Waals surface area contributed by atoms with Crippen LogP contribution in [0.4, 0.5) is 5.69 Å². The van der Waals surface area contributed by atoms with E-state index in [9.17, 15) is 13.2 Å². The first-order valence-electron chi connectivity index (χ1n) is 7.34. The third-order valence-electron chi connectivity index (χ3n) is 3.82. The van der Waals surface area contributed by atoms with Crippen molar-refractivity contribution in [3.8, 4) is 0 Å². The molecule has 0 radical (unpaired) electrons. The summed E-state index contributed by atoms with van der Waals surface area (Å²) in [5.74, 6) is -0.153. The lowest BCUT2D eigenvalue weighted by molar-refractivity contribution is -0.132. The Morgan fingerprint density at radius 1 is 1.18 bits per heavy atom. The highest BCUT2D eigenvalue weighted by molar-refractivity contribution is 7.92. The molecule has 1 aliphatic heterocycles. The number of sulfonamides is 1. The van der Waals surface area contributed by atoms with Crippen LogP contribution in [0.2, 0.25) is 5.02 Å². The summed E-state index contributed by atoms with van der Waals surface area (Å²) in [6, 6.07) is 5.70. The van der Waals surface area contributed by atoms with Crippen molar-refractivity contribution in [3.05, 3.63) is 29.3 Å². The van der Waals surface area contributed by atoms with E-state index >= 15 is 0 Å². The molecule has 1 amide bonds. The largest absolute Gasteiger partial charge is 0.341 e. The van der Waals surface area contributed by atoms with Crippen LogP contribution in [0, 0.1) is 0 Å². The number of likely N-dealkylation sites (tertiary alicyclic amines) is 1. The molecule has 0 saturated carbocycles. The average molecular weight is 345 g/mol. The summed E-state index contributed by atoms with van der Waals surface area (Å²) < 4.78 is 25.5. The molecule has 2 rings (SSSR count). The minimum Gasteiger partial charge on any atom is -0.341 e. The number of piperidine rings is 1. The van der Waals surface area contributed by atoms with Crippen LogP contribution in [0.3, 0.4) is 0 Å². The van der Waals surface area contributed by atoms with Crippen LogP contribution < -0.4 is 4.31 Å². The first kappa shape index (κ1) is 17.1. The number of nitrogens with zero attached hydrogens (tertiary/aromatic N) is 2. The van der Waals surface area contributed by atoms with Crippen LogP contribution >= 0.6 is 11.6 Å². The fraction of sp³-hybridized carbons (Fsp3) is 0.533. The van der Waals surface area contributed by atoms with Crippen LogP contribution in [0.5, 0.6) is 0 Å². The predicted molar refractivity (Wildman–Crippen MR) is 88.7 cm³/mol. The van der Waals surface area contributed by atoms with Crippen molar-refractivity contribution >= 4 is 33.2 Å². The van der Waals surface area contributed by atoms with E-state index in [1.807, 2.05) is 0 Å². The van der Waals surface area contributed by atoms with Gasteiger partial charge in [-0.05, 0) is 50.5 Å². The monoisotopic (exact) mass is 344 g/mol. The molecule has 0 N–H and O–H groups in total. The number of anilines is 1. The smallest absolute Gasteiger partial charge is 0.246 e. The highest BCUT2D eigenvalue weighted by Gasteiger charge is 2.32. The topological polar surface area (TPSA) is 57.7 Å². The maximum absolute atomic E-state index is 12.6. The van der Waals surface area contributed by atoms with Gasteiger partial charge in [0, 0.05) is 18.1 Å². The fourth-order valence-electron chi connectivity index (χ4n) is 2.77. The van der Waals surface area contributed by atoms with Crippen molar-refractivity contribution < 1.29 is 13.2 Å². The van der Waals surface area contributed by atoms with Gasteiger partial charge in [0.15, 0.2) is 0 Å². The van der Waals surface area contributed by atoms with Crippen molar-refractivity contribution in [1.29, 1.82) is 0 Å². The van der Waals surface area contributed by atoms with Gasteiger partial charge in [-0.2, -0.15) is 0 Å². The van der Waals surface area contributed by atoms with Crippen LogP contribution in [0.1, 0.15) is 26.2 Å². The zero-order chi connectivity index (χ0) is 16.3. The molecular weight excluding hydrogens is 324 g/mol. The molecule has 1 atom stereocenters. The number of carbonyl (C=O) groups is 1. The molecule has 5 nitrogen and oxygen atoms in total. The molecule has 0 bridgehead atoms. The average Bonchev–Trinajstić information content (AvgIpc) is 2.48. The van der Waals surface area contributed by atoms with Gasteiger partial charge in [0.05, 0.1) is 11.9 Å². The maximum atomic E-state index is 12.6. The second-order valence-corrected chi connectivity index (χ2v) is 7.89. The van der Waals surface area contributed by atoms with E-state index in [1.54, 1.807) is 36.1 Å². The van der Waals surface area contributed by atoms with Gasteiger partial charge in [-0.3, -0.25) is 9.10 Å². The van der Waals surface area contributed by atoms with Crippen molar-refractivity contribution in [3.63, 3.8) is 0 Å². The second-order valence-electron chi connectivity index (χ2n) is 5.60. The van der Waals surface area contributed by atoms with Crippen molar-refractivity contribution in [1.82, 2.24) is 4.90 Å². The lowest BCUT2D eigenvalue weighted by Crippen LogP contribution is -2.50. The molecular formula is C15H21ClN2O3S. The van der Waals surface area contributed by atoms with Gasteiger partial charge in [-0.25, -0.2) is 8.42 Å². The molecule has 0 unspecified atom stereocenters. The third kappa shape index (κ3) is 3.93. The number of rotatable bonds is 4. The first-order valence-corrected chi connectivity index (χ1v) is 9.57. The number of hydrogen-bond acceptors (Lipinski definition) is 3. The van der Waals surface area contributed by atoms with E-state index in [4.69, 9.17) is 11.6 Å². The van der Waals surface area contributed by atoms with E-state index in [2.05, 4.69) is 0 Å². The van der Waals surface area contributed by atoms with Crippen LogP contribution in [0.25, 0.3) is 0 Å². The molecule has 7 heteroatoms. The Bertz CT molecular complexity index is 625. The first-order chi connectivity index (χ1) is 10.3. The van der Waals surface area contributed by atoms with Gasteiger partial charge in [0.2, 0.25) is 15.9 Å². The third-order valence-corrected chi connectivity index (χ3v) is 5.31. The van der Waals surface area contributed by atoms with Crippen LogP contribution in [-0.4, -0.2) is 44.6 Å². The number of hydrogen-bond donors (Lipinski definition) is 0. The molecule has 0 aliphatic carbocycles. The number of halogens is 1. The van der Waals surface area contributed by atoms with Gasteiger partial charge in [-0.15, -0.1) is 0 Å². The summed E-state index contributed by atoms with van der Waals surface area (Å²) in [5.41, 5.74) is 0.449. The van der Waals surface area contributed by atoms with Gasteiger partial charge in [-0.1, -0.05) is 11.6 Å².